The van der Waals surface area contributed by atoms with E-state index in [9.17, 15) is 14.0 Å². The Hall–Kier alpha value is -4.23. The van der Waals surface area contributed by atoms with Gasteiger partial charge in [0.1, 0.15) is 23.5 Å². The van der Waals surface area contributed by atoms with Crippen LogP contribution in [-0.4, -0.2) is 70.0 Å². The van der Waals surface area contributed by atoms with E-state index in [1.807, 2.05) is 49.1 Å². The third kappa shape index (κ3) is 6.47. The van der Waals surface area contributed by atoms with Crippen LogP contribution in [0.3, 0.4) is 0 Å². The molecule has 2 aromatic carbocycles. The lowest BCUT2D eigenvalue weighted by Gasteiger charge is -2.35. The highest BCUT2D eigenvalue weighted by Gasteiger charge is 2.44. The molecular formula is C31H32ClFN6O3. The molecule has 9 nitrogen and oxygen atoms in total. The fourth-order valence-electron chi connectivity index (χ4n) is 5.83. The predicted molar refractivity (Wildman–Crippen MR) is 156 cm³/mol. The number of carbonyl (C=O) groups excluding carboxylic acids is 2. The van der Waals surface area contributed by atoms with Crippen molar-refractivity contribution >= 4 is 29.4 Å². The van der Waals surface area contributed by atoms with Crippen LogP contribution < -0.4 is 9.64 Å². The lowest BCUT2D eigenvalue weighted by molar-refractivity contribution is -0.135. The summed E-state index contributed by atoms with van der Waals surface area (Å²) in [5, 5.41) is 9.58. The van der Waals surface area contributed by atoms with Gasteiger partial charge in [0.2, 0.25) is 5.91 Å². The number of ether oxygens (including phenoxy) is 1. The number of rotatable bonds is 6. The molecule has 2 unspecified atom stereocenters. The Morgan fingerprint density at radius 1 is 1.05 bits per heavy atom. The van der Waals surface area contributed by atoms with E-state index in [1.54, 1.807) is 11.1 Å². The molecule has 0 bridgehead atoms. The van der Waals surface area contributed by atoms with E-state index >= 15 is 0 Å². The molecule has 5 rings (SSSR count). The average Bonchev–Trinajstić information content (AvgIpc) is 3.43. The Balaban J connectivity index is 1.32. The maximum absolute atomic E-state index is 13.8. The van der Waals surface area contributed by atoms with E-state index in [0.717, 1.165) is 5.56 Å². The van der Waals surface area contributed by atoms with Crippen LogP contribution in [0.5, 0.6) is 5.75 Å². The molecule has 0 saturated carbocycles. The lowest BCUT2D eigenvalue weighted by atomic mass is 9.92. The lowest BCUT2D eigenvalue weighted by Crippen LogP contribution is -2.50. The monoisotopic (exact) mass is 590 g/mol. The molecule has 0 aliphatic carbocycles. The first kappa shape index (κ1) is 29.3. The van der Waals surface area contributed by atoms with Crippen molar-refractivity contribution in [1.82, 2.24) is 19.8 Å². The van der Waals surface area contributed by atoms with Gasteiger partial charge in [-0.25, -0.2) is 19.2 Å². The summed E-state index contributed by atoms with van der Waals surface area (Å²) >= 11 is 6.17. The molecule has 0 N–H and O–H groups in total. The molecule has 2 fully saturated rings. The first-order valence-electron chi connectivity index (χ1n) is 14.0. The number of nitriles is 1. The quantitative estimate of drug-likeness (QED) is 0.386. The highest BCUT2D eigenvalue weighted by molar-refractivity contribution is 6.30. The molecule has 3 heterocycles. The van der Waals surface area contributed by atoms with Gasteiger partial charge in [-0.2, -0.15) is 5.26 Å². The van der Waals surface area contributed by atoms with E-state index in [1.165, 1.54) is 30.5 Å². The van der Waals surface area contributed by atoms with Crippen molar-refractivity contribution < 1.29 is 18.7 Å². The van der Waals surface area contributed by atoms with Gasteiger partial charge in [-0.05, 0) is 68.7 Å². The smallest absolute Gasteiger partial charge is 0.410 e. The molecule has 2 atom stereocenters. The molecule has 2 aliphatic rings. The molecule has 2 amide bonds. The number of hydrogen-bond acceptors (Lipinski definition) is 7. The SMILES string of the molecule is CC(C)N(C(=O)Oc1ccc(F)cc1)C1CN(C(=O)C2CCN(c3cnc(C#N)cn3)CC2)CC1c1ccc(Cl)cc1. The maximum atomic E-state index is 13.8. The fourth-order valence-corrected chi connectivity index (χ4v) is 5.95. The number of aromatic nitrogens is 2. The Bertz CT molecular complexity index is 1440. The minimum Gasteiger partial charge on any atom is -0.410 e. The maximum Gasteiger partial charge on any atom is 0.415 e. The third-order valence-corrected chi connectivity index (χ3v) is 8.22. The van der Waals surface area contributed by atoms with Crippen molar-refractivity contribution in [3.8, 4) is 11.8 Å². The Morgan fingerprint density at radius 2 is 1.74 bits per heavy atom. The normalized spacial score (nSPS) is 19.0. The van der Waals surface area contributed by atoms with E-state index < -0.39 is 11.9 Å². The summed E-state index contributed by atoms with van der Waals surface area (Å²) in [5.41, 5.74) is 1.24. The third-order valence-electron chi connectivity index (χ3n) is 7.96. The van der Waals surface area contributed by atoms with Gasteiger partial charge in [-0.15, -0.1) is 0 Å². The summed E-state index contributed by atoms with van der Waals surface area (Å²) in [5.74, 6) is 0.284. The number of amides is 2. The highest BCUT2D eigenvalue weighted by Crippen LogP contribution is 2.35. The van der Waals surface area contributed by atoms with Crippen LogP contribution >= 0.6 is 11.6 Å². The molecule has 3 aromatic rings. The summed E-state index contributed by atoms with van der Waals surface area (Å²) in [6, 6.07) is 14.3. The zero-order valence-electron chi connectivity index (χ0n) is 23.5. The molecule has 1 aromatic heterocycles. The van der Waals surface area contributed by atoms with Crippen LogP contribution in [0.15, 0.2) is 60.9 Å². The molecule has 11 heteroatoms. The number of carbonyl (C=O) groups is 2. The van der Waals surface area contributed by atoms with Gasteiger partial charge in [-0.1, -0.05) is 23.7 Å². The van der Waals surface area contributed by atoms with Gasteiger partial charge in [-0.3, -0.25) is 9.69 Å². The molecule has 0 radical (unpaired) electrons. The fraction of sp³-hybridized carbons (Fsp3) is 0.387. The van der Waals surface area contributed by atoms with Crippen molar-refractivity contribution in [1.29, 1.82) is 5.26 Å². The Morgan fingerprint density at radius 3 is 2.33 bits per heavy atom. The summed E-state index contributed by atoms with van der Waals surface area (Å²) in [4.78, 5) is 41.4. The number of likely N-dealkylation sites (tertiary alicyclic amines) is 1. The second-order valence-corrected chi connectivity index (χ2v) is 11.4. The van der Waals surface area contributed by atoms with Crippen LogP contribution in [0.1, 0.15) is 43.9 Å². The minimum absolute atomic E-state index is 0.0673. The second kappa shape index (κ2) is 12.7. The number of nitrogens with zero attached hydrogens (tertiary/aromatic N) is 6. The van der Waals surface area contributed by atoms with Gasteiger partial charge >= 0.3 is 6.09 Å². The summed E-state index contributed by atoms with van der Waals surface area (Å²) in [6.07, 6.45) is 3.82. The van der Waals surface area contributed by atoms with Crippen LogP contribution in [0, 0.1) is 23.1 Å². The Kier molecular flexibility index (Phi) is 8.88. The van der Waals surface area contributed by atoms with Crippen LogP contribution in [0.4, 0.5) is 15.0 Å². The van der Waals surface area contributed by atoms with E-state index in [-0.39, 0.29) is 41.3 Å². The number of halogens is 2. The van der Waals surface area contributed by atoms with Gasteiger partial charge < -0.3 is 14.5 Å². The van der Waals surface area contributed by atoms with Gasteiger partial charge in [0.15, 0.2) is 5.69 Å². The van der Waals surface area contributed by atoms with Crippen LogP contribution in [-0.2, 0) is 4.79 Å². The minimum atomic E-state index is -0.549. The first-order chi connectivity index (χ1) is 20.2. The first-order valence-corrected chi connectivity index (χ1v) is 14.4. The zero-order valence-corrected chi connectivity index (χ0v) is 24.2. The van der Waals surface area contributed by atoms with Gasteiger partial charge in [0, 0.05) is 49.1 Å². The largest absolute Gasteiger partial charge is 0.415 e. The van der Waals surface area contributed by atoms with E-state index in [4.69, 9.17) is 21.6 Å². The van der Waals surface area contributed by atoms with Crippen LogP contribution in [0.25, 0.3) is 0 Å². The molecular weight excluding hydrogens is 559 g/mol. The summed E-state index contributed by atoms with van der Waals surface area (Å²) in [6.45, 7) is 5.95. The van der Waals surface area contributed by atoms with Crippen molar-refractivity contribution in [3.63, 3.8) is 0 Å². The summed E-state index contributed by atoms with van der Waals surface area (Å²) in [7, 11) is 0. The van der Waals surface area contributed by atoms with Crippen molar-refractivity contribution in [2.24, 2.45) is 5.92 Å². The van der Waals surface area contributed by atoms with Gasteiger partial charge in [0.25, 0.3) is 0 Å². The molecule has 42 heavy (non-hydrogen) atoms. The molecule has 0 spiro atoms. The molecule has 2 aliphatic heterocycles. The summed E-state index contributed by atoms with van der Waals surface area (Å²) < 4.78 is 19.1. The second-order valence-electron chi connectivity index (χ2n) is 10.9. The van der Waals surface area contributed by atoms with Crippen molar-refractivity contribution in [2.45, 2.75) is 44.7 Å². The predicted octanol–water partition coefficient (Wildman–Crippen LogP) is 5.26. The standard InChI is InChI=1S/C31H32ClFN6O3/c1-20(2)39(31(41)42-26-9-7-24(33)8-10-26)28-19-38(18-27(28)21-3-5-23(32)6-4-21)30(40)22-11-13-37(14-12-22)29-17-35-25(15-34)16-36-29/h3-10,16-17,20,22,27-28H,11-14,18-19H2,1-2H3. The molecule has 218 valence electrons. The number of anilines is 1. The number of hydrogen-bond donors (Lipinski definition) is 0. The average molecular weight is 591 g/mol. The van der Waals surface area contributed by atoms with Crippen molar-refractivity contribution in [2.75, 3.05) is 31.1 Å². The van der Waals surface area contributed by atoms with E-state index in [0.29, 0.717) is 49.9 Å². The van der Waals surface area contributed by atoms with Gasteiger partial charge in [0.05, 0.1) is 18.4 Å². The zero-order chi connectivity index (χ0) is 29.8. The topological polar surface area (TPSA) is 103 Å². The Labute approximate surface area is 249 Å². The van der Waals surface area contributed by atoms with Crippen LogP contribution in [0.2, 0.25) is 5.02 Å². The molecule has 2 saturated heterocycles. The number of benzene rings is 2. The number of piperidine rings is 1. The van der Waals surface area contributed by atoms with E-state index in [2.05, 4.69) is 14.9 Å². The van der Waals surface area contributed by atoms with Crippen molar-refractivity contribution in [3.05, 3.63) is 83.0 Å². The highest BCUT2D eigenvalue weighted by atomic mass is 35.5.